The van der Waals surface area contributed by atoms with Gasteiger partial charge >= 0.3 is 0 Å². The van der Waals surface area contributed by atoms with E-state index in [2.05, 4.69) is 6.58 Å². The molecule has 3 N–H and O–H groups in total. The molecule has 0 amide bonds. The van der Waals surface area contributed by atoms with Gasteiger partial charge < -0.3 is 20.1 Å². The number of carbonyl (C=O) groups excluding carboxylic acids is 1. The highest BCUT2D eigenvalue weighted by atomic mass is 16.5. The van der Waals surface area contributed by atoms with Crippen molar-refractivity contribution in [3.8, 4) is 0 Å². The highest BCUT2D eigenvalue weighted by molar-refractivity contribution is 5.99. The van der Waals surface area contributed by atoms with Crippen molar-refractivity contribution < 1.29 is 24.9 Å². The van der Waals surface area contributed by atoms with E-state index in [1.165, 1.54) is 12.2 Å². The number of aliphatic hydroxyl groups excluding tert-OH is 1. The van der Waals surface area contributed by atoms with E-state index in [1.807, 2.05) is 0 Å². The molecule has 1 heterocycles. The number of ketones is 1. The van der Waals surface area contributed by atoms with Crippen LogP contribution in [0.3, 0.4) is 0 Å². The van der Waals surface area contributed by atoms with Gasteiger partial charge in [-0.2, -0.15) is 0 Å². The lowest BCUT2D eigenvalue weighted by molar-refractivity contribution is -0.151. The van der Waals surface area contributed by atoms with Crippen molar-refractivity contribution in [3.63, 3.8) is 0 Å². The summed E-state index contributed by atoms with van der Waals surface area (Å²) in [5, 5.41) is 30.5. The minimum atomic E-state index is -1.84. The predicted octanol–water partition coefficient (Wildman–Crippen LogP) is 0.297. The monoisotopic (exact) mass is 268 g/mol. The molecule has 0 radical (unpaired) electrons. The molecule has 106 valence electrons. The second-order valence-electron chi connectivity index (χ2n) is 5.88. The van der Waals surface area contributed by atoms with E-state index in [9.17, 15) is 20.1 Å². The van der Waals surface area contributed by atoms with Gasteiger partial charge in [-0.05, 0) is 20.3 Å². The van der Waals surface area contributed by atoms with Crippen LogP contribution >= 0.6 is 0 Å². The maximum Gasteiger partial charge on any atom is 0.193 e. The molecular weight excluding hydrogens is 248 g/mol. The summed E-state index contributed by atoms with van der Waals surface area (Å²) in [6.45, 7) is 6.71. The highest BCUT2D eigenvalue weighted by Gasteiger charge is 2.54. The lowest BCUT2D eigenvalue weighted by Crippen LogP contribution is -2.54. The van der Waals surface area contributed by atoms with E-state index in [4.69, 9.17) is 4.74 Å². The number of carbonyl (C=O) groups is 1. The van der Waals surface area contributed by atoms with Crippen molar-refractivity contribution >= 4 is 5.78 Å². The van der Waals surface area contributed by atoms with Crippen LogP contribution in [-0.2, 0) is 9.53 Å². The van der Waals surface area contributed by atoms with Crippen LogP contribution in [0, 0.1) is 5.92 Å². The Kier molecular flexibility index (Phi) is 3.33. The van der Waals surface area contributed by atoms with E-state index in [0.717, 1.165) is 0 Å². The van der Waals surface area contributed by atoms with Gasteiger partial charge in [0, 0.05) is 18.4 Å². The smallest absolute Gasteiger partial charge is 0.193 e. The highest BCUT2D eigenvalue weighted by Crippen LogP contribution is 2.43. The van der Waals surface area contributed by atoms with Crippen molar-refractivity contribution in [3.05, 3.63) is 24.5 Å². The van der Waals surface area contributed by atoms with Gasteiger partial charge in [-0.1, -0.05) is 6.08 Å². The summed E-state index contributed by atoms with van der Waals surface area (Å²) in [5.41, 5.74) is -2.91. The molecule has 0 aromatic heterocycles. The first-order chi connectivity index (χ1) is 8.70. The van der Waals surface area contributed by atoms with Crippen LogP contribution < -0.4 is 0 Å². The molecule has 4 unspecified atom stereocenters. The molecular formula is C14H20O5. The predicted molar refractivity (Wildman–Crippen MR) is 68.1 cm³/mol. The summed E-state index contributed by atoms with van der Waals surface area (Å²) >= 11 is 0. The van der Waals surface area contributed by atoms with Crippen LogP contribution in [-0.4, -0.2) is 44.5 Å². The van der Waals surface area contributed by atoms with E-state index in [-0.39, 0.29) is 6.42 Å². The van der Waals surface area contributed by atoms with Crippen molar-refractivity contribution in [2.75, 3.05) is 0 Å². The fourth-order valence-corrected chi connectivity index (χ4v) is 2.68. The molecule has 5 nitrogen and oxygen atoms in total. The number of hydrogen-bond donors (Lipinski definition) is 3. The minimum Gasteiger partial charge on any atom is -0.491 e. The molecule has 0 spiro atoms. The molecule has 0 saturated carbocycles. The Labute approximate surface area is 112 Å². The zero-order valence-electron chi connectivity index (χ0n) is 11.2. The van der Waals surface area contributed by atoms with E-state index in [1.54, 1.807) is 13.8 Å². The van der Waals surface area contributed by atoms with Crippen molar-refractivity contribution in [2.45, 2.75) is 50.1 Å². The molecule has 0 bridgehead atoms. The SMILES string of the molecule is C=CCC1(O)C(=O)C=C2OC(C(C)(C)O)CC2C1O. The van der Waals surface area contributed by atoms with Gasteiger partial charge in [-0.15, -0.1) is 6.58 Å². The van der Waals surface area contributed by atoms with Gasteiger partial charge in [0.15, 0.2) is 11.4 Å². The van der Waals surface area contributed by atoms with Gasteiger partial charge in [-0.3, -0.25) is 4.79 Å². The Bertz CT molecular complexity index is 434. The van der Waals surface area contributed by atoms with Gasteiger partial charge in [0.1, 0.15) is 18.0 Å². The Morgan fingerprint density at radius 3 is 2.79 bits per heavy atom. The second-order valence-corrected chi connectivity index (χ2v) is 5.88. The summed E-state index contributed by atoms with van der Waals surface area (Å²) in [6, 6.07) is 0. The largest absolute Gasteiger partial charge is 0.491 e. The fraction of sp³-hybridized carbons (Fsp3) is 0.643. The number of rotatable bonds is 3. The molecule has 1 aliphatic heterocycles. The molecule has 4 atom stereocenters. The van der Waals surface area contributed by atoms with Gasteiger partial charge in [0.2, 0.25) is 0 Å². The first-order valence-corrected chi connectivity index (χ1v) is 6.36. The third kappa shape index (κ3) is 2.22. The second kappa shape index (κ2) is 4.44. The molecule has 0 aromatic carbocycles. The van der Waals surface area contributed by atoms with Crippen LogP contribution in [0.15, 0.2) is 24.5 Å². The number of ether oxygens (including phenoxy) is 1. The molecule has 2 aliphatic rings. The van der Waals surface area contributed by atoms with E-state index in [0.29, 0.717) is 12.2 Å². The summed E-state index contributed by atoms with van der Waals surface area (Å²) in [4.78, 5) is 11.9. The lowest BCUT2D eigenvalue weighted by Gasteiger charge is -2.36. The van der Waals surface area contributed by atoms with Crippen LogP contribution in [0.5, 0.6) is 0 Å². The Morgan fingerprint density at radius 1 is 1.63 bits per heavy atom. The Morgan fingerprint density at radius 2 is 2.26 bits per heavy atom. The van der Waals surface area contributed by atoms with Crippen LogP contribution in [0.1, 0.15) is 26.7 Å². The molecule has 5 heteroatoms. The minimum absolute atomic E-state index is 0.0134. The van der Waals surface area contributed by atoms with Gasteiger partial charge in [-0.25, -0.2) is 0 Å². The third-order valence-electron chi connectivity index (χ3n) is 3.93. The number of hydrogen-bond acceptors (Lipinski definition) is 5. The molecule has 19 heavy (non-hydrogen) atoms. The summed E-state index contributed by atoms with van der Waals surface area (Å²) in [7, 11) is 0. The summed E-state index contributed by atoms with van der Waals surface area (Å²) < 4.78 is 5.54. The molecule has 1 aliphatic carbocycles. The lowest BCUT2D eigenvalue weighted by atomic mass is 9.74. The maximum absolute atomic E-state index is 11.9. The molecule has 2 rings (SSSR count). The van der Waals surface area contributed by atoms with E-state index >= 15 is 0 Å². The first kappa shape index (κ1) is 14.2. The Hall–Kier alpha value is -1.17. The summed E-state index contributed by atoms with van der Waals surface area (Å²) in [6.07, 6.45) is 1.24. The third-order valence-corrected chi connectivity index (χ3v) is 3.93. The summed E-state index contributed by atoms with van der Waals surface area (Å²) in [5.74, 6) is -0.708. The molecule has 1 fully saturated rings. The van der Waals surface area contributed by atoms with Gasteiger partial charge in [0.25, 0.3) is 0 Å². The quantitative estimate of drug-likeness (QED) is 0.641. The number of fused-ring (bicyclic) bond motifs is 1. The van der Waals surface area contributed by atoms with Crippen LogP contribution in [0.2, 0.25) is 0 Å². The average molecular weight is 268 g/mol. The van der Waals surface area contributed by atoms with Crippen molar-refractivity contribution in [2.24, 2.45) is 5.92 Å². The maximum atomic E-state index is 11.9. The van der Waals surface area contributed by atoms with Crippen LogP contribution in [0.4, 0.5) is 0 Å². The molecule has 1 saturated heterocycles. The van der Waals surface area contributed by atoms with Crippen LogP contribution in [0.25, 0.3) is 0 Å². The first-order valence-electron chi connectivity index (χ1n) is 6.36. The normalized spacial score (nSPS) is 38.5. The fourth-order valence-electron chi connectivity index (χ4n) is 2.68. The zero-order valence-corrected chi connectivity index (χ0v) is 11.2. The van der Waals surface area contributed by atoms with Gasteiger partial charge in [0.05, 0.1) is 5.60 Å². The Balaban J connectivity index is 2.30. The standard InChI is InChI=1S/C14H20O5/c1-4-5-14(18)10(15)7-9-8(12(14)16)6-11(19-9)13(2,3)17/h4,7-8,11-12,16-18H,1,5-6H2,2-3H3. The molecule has 0 aromatic rings. The van der Waals surface area contributed by atoms with Crippen molar-refractivity contribution in [1.29, 1.82) is 0 Å². The topological polar surface area (TPSA) is 87.0 Å². The van der Waals surface area contributed by atoms with E-state index < -0.39 is 35.1 Å². The van der Waals surface area contributed by atoms with Crippen molar-refractivity contribution in [1.82, 2.24) is 0 Å². The average Bonchev–Trinajstić information content (AvgIpc) is 2.70. The zero-order chi connectivity index (χ0) is 14.4. The number of aliphatic hydroxyl groups is 3.